The number of hydrogen-bond acceptors (Lipinski definition) is 5. The van der Waals surface area contributed by atoms with Crippen LogP contribution in [0.1, 0.15) is 5.56 Å². The van der Waals surface area contributed by atoms with Gasteiger partial charge in [-0.15, -0.1) is 0 Å². The first kappa shape index (κ1) is 13.6. The van der Waals surface area contributed by atoms with Gasteiger partial charge < -0.3 is 14.3 Å². The molecule has 0 aliphatic carbocycles. The molecule has 0 atom stereocenters. The Bertz CT molecular complexity index is 501. The topological polar surface area (TPSA) is 63.8 Å². The third-order valence-corrected chi connectivity index (χ3v) is 2.16. The second-order valence-corrected chi connectivity index (χ2v) is 3.24. The predicted molar refractivity (Wildman–Crippen MR) is 68.6 cm³/mol. The van der Waals surface area contributed by atoms with E-state index in [2.05, 4.69) is 9.99 Å². The zero-order valence-electron chi connectivity index (χ0n) is 10.5. The average Bonchev–Trinajstić information content (AvgIpc) is 2.43. The Morgan fingerprint density at radius 1 is 1.22 bits per heavy atom. The monoisotopic (exact) mass is 246 g/mol. The second-order valence-electron chi connectivity index (χ2n) is 3.24. The summed E-state index contributed by atoms with van der Waals surface area (Å²) in [4.78, 5) is 4.53. The van der Waals surface area contributed by atoms with Gasteiger partial charge in [-0.1, -0.05) is 11.2 Å². The van der Waals surface area contributed by atoms with Crippen molar-refractivity contribution in [3.63, 3.8) is 0 Å². The van der Waals surface area contributed by atoms with Gasteiger partial charge in [-0.05, 0) is 23.8 Å². The van der Waals surface area contributed by atoms with Crippen LogP contribution in [0.3, 0.4) is 0 Å². The molecule has 0 bridgehead atoms. The third-order valence-electron chi connectivity index (χ3n) is 2.16. The van der Waals surface area contributed by atoms with E-state index in [9.17, 15) is 0 Å². The van der Waals surface area contributed by atoms with Crippen molar-refractivity contribution in [3.8, 4) is 17.6 Å². The molecule has 0 saturated heterocycles. The van der Waals surface area contributed by atoms with Crippen molar-refractivity contribution in [2.24, 2.45) is 5.16 Å². The number of nitrogens with zero attached hydrogens (tertiary/aromatic N) is 2. The molecule has 18 heavy (non-hydrogen) atoms. The molecule has 0 unspecified atom stereocenters. The lowest BCUT2D eigenvalue weighted by Gasteiger charge is -2.07. The van der Waals surface area contributed by atoms with E-state index in [0.717, 1.165) is 5.56 Å². The first-order valence-corrected chi connectivity index (χ1v) is 5.15. The van der Waals surface area contributed by atoms with Gasteiger partial charge in [-0.2, -0.15) is 5.26 Å². The molecular formula is C13H14N2O3. The van der Waals surface area contributed by atoms with E-state index < -0.39 is 0 Å². The highest BCUT2D eigenvalue weighted by Crippen LogP contribution is 2.28. The second kappa shape index (κ2) is 6.97. The fourth-order valence-corrected chi connectivity index (χ4v) is 1.33. The maximum absolute atomic E-state index is 8.92. The van der Waals surface area contributed by atoms with Crippen LogP contribution in [-0.4, -0.2) is 27.5 Å². The number of hydrogen-bond donors (Lipinski definition) is 0. The molecule has 0 amide bonds. The molecule has 94 valence electrons. The zero-order chi connectivity index (χ0) is 13.4. The van der Waals surface area contributed by atoms with Gasteiger partial charge in [0.25, 0.3) is 0 Å². The van der Waals surface area contributed by atoms with Gasteiger partial charge >= 0.3 is 0 Å². The lowest BCUT2D eigenvalue weighted by Crippen LogP contribution is -1.91. The maximum Gasteiger partial charge on any atom is 0.161 e. The van der Waals surface area contributed by atoms with Crippen LogP contribution in [0.5, 0.6) is 11.5 Å². The number of ether oxygens (including phenoxy) is 2. The molecule has 1 aromatic carbocycles. The molecule has 1 rings (SSSR count). The Labute approximate surface area is 106 Å². The summed E-state index contributed by atoms with van der Waals surface area (Å²) in [6.07, 6.45) is 3.02. The third kappa shape index (κ3) is 3.52. The molecule has 0 aliphatic heterocycles. The smallest absolute Gasteiger partial charge is 0.161 e. The summed E-state index contributed by atoms with van der Waals surface area (Å²) >= 11 is 0. The molecule has 0 saturated carbocycles. The van der Waals surface area contributed by atoms with E-state index in [1.54, 1.807) is 32.4 Å². The maximum atomic E-state index is 8.92. The molecular weight excluding hydrogens is 232 g/mol. The van der Waals surface area contributed by atoms with Crippen LogP contribution in [0.25, 0.3) is 6.08 Å². The molecule has 1 aromatic rings. The fourth-order valence-electron chi connectivity index (χ4n) is 1.33. The number of rotatable bonds is 5. The molecule has 0 N–H and O–H groups in total. The predicted octanol–water partition coefficient (Wildman–Crippen LogP) is 2.24. The van der Waals surface area contributed by atoms with Crippen LogP contribution in [-0.2, 0) is 4.84 Å². The Balaban J connectivity index is 3.07. The first-order valence-electron chi connectivity index (χ1n) is 5.15. The van der Waals surface area contributed by atoms with Crippen LogP contribution in [0, 0.1) is 11.3 Å². The van der Waals surface area contributed by atoms with Gasteiger partial charge in [0, 0.05) is 0 Å². The van der Waals surface area contributed by atoms with Crippen LogP contribution in [0.4, 0.5) is 0 Å². The van der Waals surface area contributed by atoms with Crippen molar-refractivity contribution in [1.29, 1.82) is 5.26 Å². The van der Waals surface area contributed by atoms with Gasteiger partial charge in [0.05, 0.1) is 26.0 Å². The van der Waals surface area contributed by atoms with Crippen molar-refractivity contribution >= 4 is 12.3 Å². The van der Waals surface area contributed by atoms with Crippen LogP contribution in [0.2, 0.25) is 0 Å². The molecule has 0 fully saturated rings. The Morgan fingerprint density at radius 3 is 2.50 bits per heavy atom. The summed E-state index contributed by atoms with van der Waals surface area (Å²) in [5.41, 5.74) is 1.19. The molecule has 0 heterocycles. The normalized spacial score (nSPS) is 11.1. The number of oxime groups is 1. The van der Waals surface area contributed by atoms with Gasteiger partial charge in [0.2, 0.25) is 0 Å². The van der Waals surface area contributed by atoms with Crippen molar-refractivity contribution in [2.75, 3.05) is 21.3 Å². The molecule has 0 aromatic heterocycles. The highest BCUT2D eigenvalue weighted by Gasteiger charge is 2.03. The minimum absolute atomic E-state index is 0.379. The number of methoxy groups -OCH3 is 2. The van der Waals surface area contributed by atoms with Gasteiger partial charge in [0.15, 0.2) is 11.5 Å². The van der Waals surface area contributed by atoms with E-state index >= 15 is 0 Å². The van der Waals surface area contributed by atoms with Crippen molar-refractivity contribution < 1.29 is 14.3 Å². The van der Waals surface area contributed by atoms with Gasteiger partial charge in [-0.25, -0.2) is 0 Å². The summed E-state index contributed by atoms with van der Waals surface area (Å²) in [6.45, 7) is 0. The van der Waals surface area contributed by atoms with Crippen molar-refractivity contribution in [2.45, 2.75) is 0 Å². The van der Waals surface area contributed by atoms with E-state index in [4.69, 9.17) is 14.7 Å². The summed E-state index contributed by atoms with van der Waals surface area (Å²) in [6, 6.07) is 7.38. The highest BCUT2D eigenvalue weighted by atomic mass is 16.6. The summed E-state index contributed by atoms with van der Waals surface area (Å²) in [5.74, 6) is 1.24. The Hall–Kier alpha value is -2.48. The molecule has 0 radical (unpaired) electrons. The summed E-state index contributed by atoms with van der Waals surface area (Å²) < 4.78 is 10.3. The molecule has 0 aliphatic rings. The minimum Gasteiger partial charge on any atom is -0.493 e. The van der Waals surface area contributed by atoms with E-state index in [-0.39, 0.29) is 0 Å². The van der Waals surface area contributed by atoms with Crippen LogP contribution < -0.4 is 9.47 Å². The van der Waals surface area contributed by atoms with Gasteiger partial charge in [-0.3, -0.25) is 0 Å². The summed E-state index contributed by atoms with van der Waals surface area (Å²) in [5, 5.41) is 12.5. The number of nitriles is 1. The standard InChI is InChI=1S/C13H14N2O3/c1-16-12-5-4-10(7-13(12)17-2)6-11(8-14)9-15-18-3/h4-7,9H,1-3H3. The van der Waals surface area contributed by atoms with E-state index in [1.807, 2.05) is 12.1 Å². The van der Waals surface area contributed by atoms with Crippen LogP contribution in [0.15, 0.2) is 28.9 Å². The average molecular weight is 246 g/mol. The lowest BCUT2D eigenvalue weighted by molar-refractivity contribution is 0.215. The first-order chi connectivity index (χ1) is 8.74. The Kier molecular flexibility index (Phi) is 5.26. The molecule has 5 nitrogen and oxygen atoms in total. The van der Waals surface area contributed by atoms with Gasteiger partial charge in [0.1, 0.15) is 13.2 Å². The highest BCUT2D eigenvalue weighted by molar-refractivity contribution is 5.90. The lowest BCUT2D eigenvalue weighted by atomic mass is 10.1. The summed E-state index contributed by atoms with van der Waals surface area (Å²) in [7, 11) is 4.55. The quantitative estimate of drug-likeness (QED) is 0.454. The molecule has 0 spiro atoms. The molecule has 5 heteroatoms. The van der Waals surface area contributed by atoms with E-state index in [1.165, 1.54) is 13.3 Å². The number of benzene rings is 1. The largest absolute Gasteiger partial charge is 0.493 e. The minimum atomic E-state index is 0.379. The van der Waals surface area contributed by atoms with Crippen molar-refractivity contribution in [1.82, 2.24) is 0 Å². The van der Waals surface area contributed by atoms with Crippen molar-refractivity contribution in [3.05, 3.63) is 29.3 Å². The number of allylic oxidation sites excluding steroid dienone is 1. The fraction of sp³-hybridized carbons (Fsp3) is 0.231. The van der Waals surface area contributed by atoms with Crippen LogP contribution >= 0.6 is 0 Å². The SMILES string of the molecule is CON=CC(C#N)=Cc1ccc(OC)c(OC)c1. The van der Waals surface area contributed by atoms with E-state index in [0.29, 0.717) is 17.1 Å². The zero-order valence-corrected chi connectivity index (χ0v) is 10.5. The Morgan fingerprint density at radius 2 is 1.94 bits per heavy atom.